The maximum atomic E-state index is 5.76. The first-order valence-electron chi connectivity index (χ1n) is 4.61. The second kappa shape index (κ2) is 3.83. The molecule has 4 nitrogen and oxygen atoms in total. The summed E-state index contributed by atoms with van der Waals surface area (Å²) in [5.41, 5.74) is 7.50. The van der Waals surface area contributed by atoms with Crippen molar-refractivity contribution in [2.45, 2.75) is 13.0 Å². The topological polar surface area (TPSA) is 63.9 Å². The van der Waals surface area contributed by atoms with Crippen molar-refractivity contribution in [2.75, 3.05) is 7.11 Å². The van der Waals surface area contributed by atoms with Crippen LogP contribution < -0.4 is 10.5 Å². The molecule has 0 aliphatic carbocycles. The Hall–Kier alpha value is -1.07. The number of ether oxygens (including phenoxy) is 1. The first-order chi connectivity index (χ1) is 7.13. The van der Waals surface area contributed by atoms with E-state index in [2.05, 4.69) is 25.9 Å². The van der Waals surface area contributed by atoms with Crippen LogP contribution in [0.1, 0.15) is 18.8 Å². The van der Waals surface area contributed by atoms with Gasteiger partial charge in [-0.1, -0.05) is 0 Å². The van der Waals surface area contributed by atoms with Gasteiger partial charge in [-0.15, -0.1) is 0 Å². The number of hydrogen-bond donors (Lipinski definition) is 2. The lowest BCUT2D eigenvalue weighted by atomic mass is 10.3. The van der Waals surface area contributed by atoms with Crippen LogP contribution in [0.2, 0.25) is 0 Å². The number of nitrogens with two attached hydrogens (primary N) is 1. The molecular weight excluding hydrogens is 258 g/mol. The van der Waals surface area contributed by atoms with Gasteiger partial charge in [-0.2, -0.15) is 0 Å². The van der Waals surface area contributed by atoms with E-state index in [4.69, 9.17) is 10.5 Å². The van der Waals surface area contributed by atoms with Crippen molar-refractivity contribution in [3.05, 3.63) is 22.4 Å². The lowest BCUT2D eigenvalue weighted by molar-refractivity contribution is 0.416. The summed E-state index contributed by atoms with van der Waals surface area (Å²) in [6, 6.07) is 3.76. The molecule has 1 heterocycles. The summed E-state index contributed by atoms with van der Waals surface area (Å²) in [4.78, 5) is 7.57. The number of hydrogen-bond acceptors (Lipinski definition) is 3. The Balaban J connectivity index is 2.70. The highest BCUT2D eigenvalue weighted by atomic mass is 79.9. The van der Waals surface area contributed by atoms with Crippen LogP contribution in [0, 0.1) is 0 Å². The second-order valence-electron chi connectivity index (χ2n) is 3.39. The minimum absolute atomic E-state index is 0.110. The number of nitrogens with zero attached hydrogens (tertiary/aromatic N) is 1. The number of H-pyrrole nitrogens is 1. The number of nitrogens with one attached hydrogen (secondary N) is 1. The van der Waals surface area contributed by atoms with Gasteiger partial charge in [0.15, 0.2) is 5.75 Å². The second-order valence-corrected chi connectivity index (χ2v) is 4.24. The Bertz CT molecular complexity index is 493. The molecule has 5 heteroatoms. The SMILES string of the molecule is COc1c(Br)ccc2[nH]c([C@H](C)N)nc12. The van der Waals surface area contributed by atoms with Crippen LogP contribution in [-0.4, -0.2) is 17.1 Å². The van der Waals surface area contributed by atoms with Crippen molar-refractivity contribution >= 4 is 27.0 Å². The van der Waals surface area contributed by atoms with Crippen LogP contribution in [-0.2, 0) is 0 Å². The minimum Gasteiger partial charge on any atom is -0.493 e. The molecule has 15 heavy (non-hydrogen) atoms. The zero-order valence-corrected chi connectivity index (χ0v) is 10.1. The highest BCUT2D eigenvalue weighted by molar-refractivity contribution is 9.10. The van der Waals surface area contributed by atoms with E-state index in [0.717, 1.165) is 27.1 Å². The molecule has 3 N–H and O–H groups in total. The monoisotopic (exact) mass is 269 g/mol. The molecule has 1 aromatic heterocycles. The fourth-order valence-electron chi connectivity index (χ4n) is 1.45. The molecule has 0 unspecified atom stereocenters. The molecule has 0 radical (unpaired) electrons. The van der Waals surface area contributed by atoms with Crippen molar-refractivity contribution in [3.63, 3.8) is 0 Å². The summed E-state index contributed by atoms with van der Waals surface area (Å²) >= 11 is 3.41. The molecule has 0 bridgehead atoms. The highest BCUT2D eigenvalue weighted by Gasteiger charge is 2.12. The largest absolute Gasteiger partial charge is 0.493 e. The lowest BCUT2D eigenvalue weighted by Gasteiger charge is -2.02. The third kappa shape index (κ3) is 1.72. The van der Waals surface area contributed by atoms with Crippen molar-refractivity contribution in [1.82, 2.24) is 9.97 Å². The number of aromatic nitrogens is 2. The highest BCUT2D eigenvalue weighted by Crippen LogP contribution is 2.32. The number of benzene rings is 1. The van der Waals surface area contributed by atoms with E-state index in [9.17, 15) is 0 Å². The normalized spacial score (nSPS) is 13.1. The van der Waals surface area contributed by atoms with Gasteiger partial charge >= 0.3 is 0 Å². The number of rotatable bonds is 2. The van der Waals surface area contributed by atoms with E-state index in [-0.39, 0.29) is 6.04 Å². The summed E-state index contributed by atoms with van der Waals surface area (Å²) in [5.74, 6) is 1.50. The first-order valence-corrected chi connectivity index (χ1v) is 5.40. The van der Waals surface area contributed by atoms with Gasteiger partial charge in [0.05, 0.1) is 23.1 Å². The summed E-state index contributed by atoms with van der Waals surface area (Å²) < 4.78 is 6.17. The third-order valence-electron chi connectivity index (χ3n) is 2.21. The first kappa shape index (κ1) is 10.4. The molecule has 2 aromatic rings. The zero-order valence-electron chi connectivity index (χ0n) is 8.54. The summed E-state index contributed by atoms with van der Waals surface area (Å²) in [6.45, 7) is 1.89. The van der Waals surface area contributed by atoms with Crippen LogP contribution in [0.15, 0.2) is 16.6 Å². The van der Waals surface area contributed by atoms with Gasteiger partial charge in [-0.3, -0.25) is 0 Å². The van der Waals surface area contributed by atoms with Crippen molar-refractivity contribution < 1.29 is 4.74 Å². The maximum Gasteiger partial charge on any atom is 0.160 e. The van der Waals surface area contributed by atoms with Crippen LogP contribution in [0.25, 0.3) is 11.0 Å². The number of imidazole rings is 1. The predicted molar refractivity (Wildman–Crippen MR) is 62.9 cm³/mol. The Morgan fingerprint density at radius 3 is 2.87 bits per heavy atom. The van der Waals surface area contributed by atoms with Gasteiger partial charge in [0.25, 0.3) is 0 Å². The molecule has 0 aliphatic rings. The maximum absolute atomic E-state index is 5.76. The molecule has 1 aromatic carbocycles. The molecule has 0 spiro atoms. The van der Waals surface area contributed by atoms with Crippen LogP contribution >= 0.6 is 15.9 Å². The molecule has 0 amide bonds. The van der Waals surface area contributed by atoms with E-state index >= 15 is 0 Å². The van der Waals surface area contributed by atoms with E-state index in [1.807, 2.05) is 19.1 Å². The Labute approximate surface area is 96.0 Å². The van der Waals surface area contributed by atoms with Crippen LogP contribution in [0.3, 0.4) is 0 Å². The molecule has 1 atom stereocenters. The van der Waals surface area contributed by atoms with E-state index in [1.165, 1.54) is 0 Å². The minimum atomic E-state index is -0.110. The molecular formula is C10H12BrN3O. The van der Waals surface area contributed by atoms with E-state index < -0.39 is 0 Å². The van der Waals surface area contributed by atoms with Gasteiger partial charge in [0.1, 0.15) is 11.3 Å². The standard InChI is InChI=1S/C10H12BrN3O/c1-5(12)10-13-7-4-3-6(11)9(15-2)8(7)14-10/h3-5H,12H2,1-2H3,(H,13,14)/t5-/m0/s1. The number of halogens is 1. The Morgan fingerprint density at radius 1 is 1.53 bits per heavy atom. The van der Waals surface area contributed by atoms with Crippen LogP contribution in [0.4, 0.5) is 0 Å². The smallest absolute Gasteiger partial charge is 0.160 e. The van der Waals surface area contributed by atoms with Gasteiger partial charge < -0.3 is 15.5 Å². The zero-order chi connectivity index (χ0) is 11.0. The Morgan fingerprint density at radius 2 is 2.27 bits per heavy atom. The van der Waals surface area contributed by atoms with Gasteiger partial charge in [0.2, 0.25) is 0 Å². The Kier molecular flexibility index (Phi) is 2.67. The van der Waals surface area contributed by atoms with Gasteiger partial charge in [-0.25, -0.2) is 4.98 Å². The molecule has 0 saturated carbocycles. The van der Waals surface area contributed by atoms with Crippen molar-refractivity contribution in [1.29, 1.82) is 0 Å². The average Bonchev–Trinajstić information content (AvgIpc) is 2.61. The summed E-state index contributed by atoms with van der Waals surface area (Å²) in [7, 11) is 1.62. The number of aromatic amines is 1. The molecule has 0 saturated heterocycles. The van der Waals surface area contributed by atoms with Crippen molar-refractivity contribution in [2.24, 2.45) is 5.73 Å². The van der Waals surface area contributed by atoms with Gasteiger partial charge in [-0.05, 0) is 35.0 Å². The molecule has 80 valence electrons. The van der Waals surface area contributed by atoms with E-state index in [1.54, 1.807) is 7.11 Å². The molecule has 2 rings (SSSR count). The van der Waals surface area contributed by atoms with Crippen molar-refractivity contribution in [3.8, 4) is 5.75 Å². The quantitative estimate of drug-likeness (QED) is 0.880. The number of methoxy groups -OCH3 is 1. The summed E-state index contributed by atoms with van der Waals surface area (Å²) in [5, 5.41) is 0. The number of fused-ring (bicyclic) bond motifs is 1. The molecule has 0 fully saturated rings. The fourth-order valence-corrected chi connectivity index (χ4v) is 1.94. The lowest BCUT2D eigenvalue weighted by Crippen LogP contribution is -2.06. The van der Waals surface area contributed by atoms with E-state index in [0.29, 0.717) is 0 Å². The van der Waals surface area contributed by atoms with Crippen LogP contribution in [0.5, 0.6) is 5.75 Å². The average molecular weight is 270 g/mol. The summed E-state index contributed by atoms with van der Waals surface area (Å²) in [6.07, 6.45) is 0. The van der Waals surface area contributed by atoms with Gasteiger partial charge in [0, 0.05) is 0 Å². The molecule has 0 aliphatic heterocycles. The fraction of sp³-hybridized carbons (Fsp3) is 0.300. The predicted octanol–water partition coefficient (Wildman–Crippen LogP) is 2.35. The third-order valence-corrected chi connectivity index (χ3v) is 2.84.